The van der Waals surface area contributed by atoms with Gasteiger partial charge in [0.05, 0.1) is 11.9 Å². The third-order valence-electron chi connectivity index (χ3n) is 5.73. The lowest BCUT2D eigenvalue weighted by Gasteiger charge is -2.48. The molecule has 2 atom stereocenters. The summed E-state index contributed by atoms with van der Waals surface area (Å²) in [4.78, 5) is 15.2. The van der Waals surface area contributed by atoms with Gasteiger partial charge in [0.25, 0.3) is 5.91 Å². The minimum atomic E-state index is 0.00171. The first kappa shape index (κ1) is 18.9. The maximum absolute atomic E-state index is 13.1. The van der Waals surface area contributed by atoms with Crippen molar-refractivity contribution in [1.29, 1.82) is 5.26 Å². The third-order valence-corrected chi connectivity index (χ3v) is 6.60. The average Bonchev–Trinajstić information content (AvgIpc) is 3.27. The number of nitrogens with zero attached hydrogens (tertiary/aromatic N) is 6. The molecule has 1 amide bonds. The van der Waals surface area contributed by atoms with Crippen molar-refractivity contribution < 1.29 is 4.79 Å². The Morgan fingerprint density at radius 2 is 2.14 bits per heavy atom. The van der Waals surface area contributed by atoms with Gasteiger partial charge >= 0.3 is 0 Å². The van der Waals surface area contributed by atoms with Crippen molar-refractivity contribution in [2.45, 2.75) is 77.0 Å². The van der Waals surface area contributed by atoms with E-state index in [1.165, 1.54) is 11.5 Å². The predicted octanol–water partition coefficient (Wildman–Crippen LogP) is 2.96. The Morgan fingerprint density at radius 1 is 1.39 bits per heavy atom. The van der Waals surface area contributed by atoms with Gasteiger partial charge in [-0.05, 0) is 57.0 Å². The highest BCUT2D eigenvalue weighted by Gasteiger charge is 2.42. The quantitative estimate of drug-likeness (QED) is 0.830. The second-order valence-corrected chi connectivity index (χ2v) is 8.49. The van der Waals surface area contributed by atoms with Crippen molar-refractivity contribution in [1.82, 2.24) is 24.3 Å². The van der Waals surface area contributed by atoms with Crippen LogP contribution in [0.4, 0.5) is 5.00 Å². The number of anilines is 1. The molecule has 8 nitrogen and oxygen atoms in total. The smallest absolute Gasteiger partial charge is 0.276 e. The van der Waals surface area contributed by atoms with Crippen molar-refractivity contribution in [3.05, 3.63) is 23.1 Å². The van der Waals surface area contributed by atoms with Gasteiger partial charge in [0.15, 0.2) is 5.69 Å². The molecule has 0 aliphatic carbocycles. The summed E-state index contributed by atoms with van der Waals surface area (Å²) < 4.78 is 6.04. The Morgan fingerprint density at radius 3 is 2.82 bits per heavy atom. The summed E-state index contributed by atoms with van der Waals surface area (Å²) in [5.41, 5.74) is 1.86. The van der Waals surface area contributed by atoms with Gasteiger partial charge in [-0.2, -0.15) is 9.64 Å². The van der Waals surface area contributed by atoms with E-state index in [2.05, 4.69) is 33.0 Å². The Balaban J connectivity index is 1.49. The van der Waals surface area contributed by atoms with Crippen LogP contribution in [0.3, 0.4) is 0 Å². The maximum atomic E-state index is 13.1. The molecule has 0 saturated carbocycles. The van der Waals surface area contributed by atoms with Gasteiger partial charge in [0, 0.05) is 24.7 Å². The minimum Gasteiger partial charge on any atom is -0.372 e. The van der Waals surface area contributed by atoms with E-state index < -0.39 is 0 Å². The highest BCUT2D eigenvalue weighted by Crippen LogP contribution is 2.37. The molecule has 2 bridgehead atoms. The summed E-state index contributed by atoms with van der Waals surface area (Å²) in [5, 5.41) is 21.9. The summed E-state index contributed by atoms with van der Waals surface area (Å²) in [6.45, 7) is 4.71. The van der Waals surface area contributed by atoms with Crippen molar-refractivity contribution in [2.24, 2.45) is 0 Å². The van der Waals surface area contributed by atoms with E-state index in [9.17, 15) is 10.1 Å². The van der Waals surface area contributed by atoms with E-state index in [-0.39, 0.29) is 24.0 Å². The van der Waals surface area contributed by atoms with Gasteiger partial charge in [0.2, 0.25) is 0 Å². The second kappa shape index (κ2) is 7.87. The maximum Gasteiger partial charge on any atom is 0.276 e. The average molecular weight is 400 g/mol. The molecule has 0 aromatic carbocycles. The minimum absolute atomic E-state index is 0.00171. The zero-order valence-corrected chi connectivity index (χ0v) is 17.1. The van der Waals surface area contributed by atoms with E-state index in [4.69, 9.17) is 0 Å². The molecular weight excluding hydrogens is 374 g/mol. The molecule has 4 rings (SSSR count). The highest BCUT2D eigenvalue weighted by atomic mass is 32.1. The van der Waals surface area contributed by atoms with Crippen molar-refractivity contribution in [3.8, 4) is 6.07 Å². The summed E-state index contributed by atoms with van der Waals surface area (Å²) >= 11 is 1.35. The fraction of sp³-hybridized carbons (Fsp3) is 0.632. The standard InChI is InChI=1S/C19H25N7OS/c1-3-7-25-11-17(22-24-25)19(27)26-14-5-4-6-15(26)9-13(8-14)21-18-16(10-20)12(2)23-28-18/h11,13-15,21H,3-9H2,1-2H3. The zero-order valence-electron chi connectivity index (χ0n) is 16.3. The first-order chi connectivity index (χ1) is 13.6. The molecule has 2 aliphatic heterocycles. The van der Waals surface area contributed by atoms with Gasteiger partial charge in [0.1, 0.15) is 16.6 Å². The lowest BCUT2D eigenvalue weighted by atomic mass is 9.81. The molecule has 148 valence electrons. The molecule has 0 radical (unpaired) electrons. The number of carbonyl (C=O) groups is 1. The summed E-state index contributed by atoms with van der Waals surface area (Å²) in [7, 11) is 0. The first-order valence-electron chi connectivity index (χ1n) is 9.96. The van der Waals surface area contributed by atoms with Gasteiger partial charge in [-0.25, -0.2) is 0 Å². The van der Waals surface area contributed by atoms with Gasteiger partial charge in [-0.15, -0.1) is 5.10 Å². The van der Waals surface area contributed by atoms with Crippen molar-refractivity contribution in [2.75, 3.05) is 5.32 Å². The molecule has 2 fully saturated rings. The molecule has 2 unspecified atom stereocenters. The van der Waals surface area contributed by atoms with Crippen LogP contribution in [0.2, 0.25) is 0 Å². The van der Waals surface area contributed by atoms with Crippen LogP contribution in [-0.4, -0.2) is 48.3 Å². The van der Waals surface area contributed by atoms with Crippen LogP contribution in [0, 0.1) is 18.3 Å². The fourth-order valence-electron chi connectivity index (χ4n) is 4.48. The largest absolute Gasteiger partial charge is 0.372 e. The van der Waals surface area contributed by atoms with Crippen LogP contribution in [0.25, 0.3) is 0 Å². The SMILES string of the molecule is CCCn1cc(C(=O)N2C3CCCC2CC(Nc2snc(C)c2C#N)C3)nn1. The number of amides is 1. The van der Waals surface area contributed by atoms with E-state index in [1.54, 1.807) is 10.9 Å². The number of fused-ring (bicyclic) bond motifs is 2. The monoisotopic (exact) mass is 399 g/mol. The van der Waals surface area contributed by atoms with Crippen LogP contribution in [0.1, 0.15) is 67.2 Å². The number of carbonyl (C=O) groups excluding carboxylic acids is 1. The van der Waals surface area contributed by atoms with Crippen LogP contribution < -0.4 is 5.32 Å². The van der Waals surface area contributed by atoms with Gasteiger partial charge in [-0.3, -0.25) is 9.48 Å². The number of hydrogen-bond acceptors (Lipinski definition) is 7. The van der Waals surface area contributed by atoms with E-state index >= 15 is 0 Å². The van der Waals surface area contributed by atoms with Crippen LogP contribution in [0.15, 0.2) is 6.20 Å². The molecule has 2 saturated heterocycles. The number of nitrogens with one attached hydrogen (secondary N) is 1. The van der Waals surface area contributed by atoms with E-state index in [0.717, 1.165) is 55.8 Å². The molecule has 4 heterocycles. The number of rotatable bonds is 5. The normalized spacial score (nSPS) is 24.0. The van der Waals surface area contributed by atoms with E-state index in [0.29, 0.717) is 11.3 Å². The molecule has 2 aromatic heterocycles. The molecule has 9 heteroatoms. The number of aryl methyl sites for hydroxylation is 2. The van der Waals surface area contributed by atoms with E-state index in [1.807, 2.05) is 11.8 Å². The molecule has 2 aromatic rings. The van der Waals surface area contributed by atoms with Crippen LogP contribution in [-0.2, 0) is 6.54 Å². The van der Waals surface area contributed by atoms with Crippen LogP contribution in [0.5, 0.6) is 0 Å². The number of piperidine rings is 2. The molecule has 0 spiro atoms. The predicted molar refractivity (Wildman–Crippen MR) is 106 cm³/mol. The lowest BCUT2D eigenvalue weighted by Crippen LogP contribution is -2.57. The Hall–Kier alpha value is -2.47. The molecule has 2 aliphatic rings. The summed E-state index contributed by atoms with van der Waals surface area (Å²) in [5.74, 6) is 0.00171. The Bertz CT molecular complexity index is 884. The fourth-order valence-corrected chi connectivity index (χ4v) is 5.31. The molecule has 1 N–H and O–H groups in total. The Labute approximate surface area is 168 Å². The van der Waals surface area contributed by atoms with Crippen LogP contribution >= 0.6 is 11.5 Å². The third kappa shape index (κ3) is 3.49. The van der Waals surface area contributed by atoms with Crippen molar-refractivity contribution >= 4 is 22.4 Å². The zero-order chi connectivity index (χ0) is 19.7. The lowest BCUT2D eigenvalue weighted by molar-refractivity contribution is 0.0254. The summed E-state index contributed by atoms with van der Waals surface area (Å²) in [6, 6.07) is 2.90. The number of nitriles is 1. The molecular formula is C19H25N7OS. The second-order valence-electron chi connectivity index (χ2n) is 7.71. The highest BCUT2D eigenvalue weighted by molar-refractivity contribution is 7.10. The molecule has 28 heavy (non-hydrogen) atoms. The summed E-state index contributed by atoms with van der Waals surface area (Å²) in [6.07, 6.45) is 7.66. The first-order valence-corrected chi connectivity index (χ1v) is 10.7. The number of aromatic nitrogens is 4. The van der Waals surface area contributed by atoms with Crippen molar-refractivity contribution in [3.63, 3.8) is 0 Å². The Kier molecular flexibility index (Phi) is 5.31. The van der Waals surface area contributed by atoms with Gasteiger partial charge in [-0.1, -0.05) is 12.1 Å². The van der Waals surface area contributed by atoms with Gasteiger partial charge < -0.3 is 10.2 Å². The number of hydrogen-bond donors (Lipinski definition) is 1. The topological polar surface area (TPSA) is 99.7 Å².